The zero-order valence-corrected chi connectivity index (χ0v) is 10.4. The second-order valence-corrected chi connectivity index (χ2v) is 4.46. The van der Waals surface area contributed by atoms with Crippen molar-refractivity contribution in [2.45, 2.75) is 12.8 Å². The van der Waals surface area contributed by atoms with E-state index in [4.69, 9.17) is 5.73 Å². The van der Waals surface area contributed by atoms with Crippen LogP contribution >= 0.6 is 12.2 Å². The summed E-state index contributed by atoms with van der Waals surface area (Å²) < 4.78 is 0. The van der Waals surface area contributed by atoms with E-state index in [0.29, 0.717) is 0 Å². The van der Waals surface area contributed by atoms with Gasteiger partial charge in [0.15, 0.2) is 5.11 Å². The average molecular weight is 248 g/mol. The minimum absolute atomic E-state index is 0.178. The minimum Gasteiger partial charge on any atom is -0.375 e. The van der Waals surface area contributed by atoms with Crippen molar-refractivity contribution >= 4 is 29.2 Å². The number of rotatable bonds is 3. The third-order valence-corrected chi connectivity index (χ3v) is 2.82. The maximum absolute atomic E-state index is 5.28. The van der Waals surface area contributed by atoms with Crippen LogP contribution in [0.3, 0.4) is 0 Å². The molecule has 1 fully saturated rings. The van der Waals surface area contributed by atoms with Crippen molar-refractivity contribution in [3.05, 3.63) is 29.8 Å². The summed E-state index contributed by atoms with van der Waals surface area (Å²) >= 11 is 4.67. The molecule has 0 unspecified atom stereocenters. The van der Waals surface area contributed by atoms with Crippen molar-refractivity contribution in [2.75, 3.05) is 18.0 Å². The number of hydrogen-bond donors (Lipinski definition) is 2. The van der Waals surface area contributed by atoms with E-state index in [0.717, 1.165) is 18.7 Å². The Kier molecular flexibility index (Phi) is 3.93. The summed E-state index contributed by atoms with van der Waals surface area (Å²) in [5.41, 5.74) is 10.1. The Balaban J connectivity index is 2.05. The summed E-state index contributed by atoms with van der Waals surface area (Å²) in [7, 11) is 0. The summed E-state index contributed by atoms with van der Waals surface area (Å²) in [4.78, 5) is 2.39. The first-order valence-electron chi connectivity index (χ1n) is 5.69. The zero-order chi connectivity index (χ0) is 12.1. The molecule has 0 atom stereocenters. The molecule has 5 heteroatoms. The summed E-state index contributed by atoms with van der Waals surface area (Å²) in [6, 6.07) is 8.29. The second kappa shape index (κ2) is 5.63. The average Bonchev–Trinajstić information content (AvgIpc) is 2.82. The molecule has 1 aliphatic heterocycles. The number of nitrogens with zero attached hydrogens (tertiary/aromatic N) is 2. The molecule has 0 spiro atoms. The highest BCUT2D eigenvalue weighted by Crippen LogP contribution is 2.20. The van der Waals surface area contributed by atoms with Crippen molar-refractivity contribution in [1.29, 1.82) is 0 Å². The van der Waals surface area contributed by atoms with E-state index in [1.54, 1.807) is 6.21 Å². The van der Waals surface area contributed by atoms with Gasteiger partial charge in [0.25, 0.3) is 0 Å². The summed E-state index contributed by atoms with van der Waals surface area (Å²) in [5.74, 6) is 0. The molecule has 1 aromatic carbocycles. The summed E-state index contributed by atoms with van der Waals surface area (Å²) in [6.07, 6.45) is 4.28. The Morgan fingerprint density at radius 1 is 1.41 bits per heavy atom. The molecule has 1 heterocycles. The van der Waals surface area contributed by atoms with Gasteiger partial charge in [-0.15, -0.1) is 0 Å². The van der Waals surface area contributed by atoms with Crippen LogP contribution in [0, 0.1) is 0 Å². The number of hydrazone groups is 1. The lowest BCUT2D eigenvalue weighted by Gasteiger charge is -2.17. The normalized spacial score (nSPS) is 15.4. The summed E-state index contributed by atoms with van der Waals surface area (Å²) in [6.45, 7) is 2.29. The van der Waals surface area contributed by atoms with Crippen LogP contribution in [0.15, 0.2) is 29.4 Å². The van der Waals surface area contributed by atoms with E-state index in [2.05, 4.69) is 39.8 Å². The smallest absolute Gasteiger partial charge is 0.184 e. The molecule has 3 N–H and O–H groups in total. The van der Waals surface area contributed by atoms with Gasteiger partial charge in [0.2, 0.25) is 0 Å². The lowest BCUT2D eigenvalue weighted by atomic mass is 10.2. The highest BCUT2D eigenvalue weighted by Gasteiger charge is 2.11. The first kappa shape index (κ1) is 11.9. The molecule has 1 aliphatic rings. The highest BCUT2D eigenvalue weighted by molar-refractivity contribution is 7.80. The number of benzene rings is 1. The van der Waals surface area contributed by atoms with Crippen molar-refractivity contribution in [3.63, 3.8) is 0 Å². The molecule has 17 heavy (non-hydrogen) atoms. The van der Waals surface area contributed by atoms with Crippen molar-refractivity contribution < 1.29 is 0 Å². The van der Waals surface area contributed by atoms with Crippen LogP contribution in [0.4, 0.5) is 5.69 Å². The van der Waals surface area contributed by atoms with Crippen LogP contribution in [-0.2, 0) is 0 Å². The van der Waals surface area contributed by atoms with Gasteiger partial charge in [-0.3, -0.25) is 5.43 Å². The van der Waals surface area contributed by atoms with Crippen LogP contribution in [-0.4, -0.2) is 24.4 Å². The molecule has 0 radical (unpaired) electrons. The predicted octanol–water partition coefficient (Wildman–Crippen LogP) is 1.45. The third-order valence-electron chi connectivity index (χ3n) is 2.73. The quantitative estimate of drug-likeness (QED) is 0.483. The minimum atomic E-state index is 0.178. The maximum atomic E-state index is 5.28. The largest absolute Gasteiger partial charge is 0.375 e. The van der Waals surface area contributed by atoms with Gasteiger partial charge in [-0.05, 0) is 42.8 Å². The Morgan fingerprint density at radius 3 is 2.88 bits per heavy atom. The number of anilines is 1. The van der Waals surface area contributed by atoms with Gasteiger partial charge in [-0.2, -0.15) is 5.10 Å². The van der Waals surface area contributed by atoms with Crippen molar-refractivity contribution in [3.8, 4) is 0 Å². The van der Waals surface area contributed by atoms with E-state index in [1.165, 1.54) is 18.5 Å². The first-order valence-corrected chi connectivity index (χ1v) is 6.10. The zero-order valence-electron chi connectivity index (χ0n) is 9.60. The SMILES string of the molecule is NC(=S)NN=Cc1cccc(N2CCCC2)c1. The lowest BCUT2D eigenvalue weighted by Crippen LogP contribution is -2.24. The monoisotopic (exact) mass is 248 g/mol. The molecule has 90 valence electrons. The molecular weight excluding hydrogens is 232 g/mol. The molecule has 1 saturated heterocycles. The first-order chi connectivity index (χ1) is 8.25. The molecule has 0 aliphatic carbocycles. The Hall–Kier alpha value is -1.62. The molecular formula is C12H16N4S. The number of hydrogen-bond acceptors (Lipinski definition) is 3. The van der Waals surface area contributed by atoms with Crippen molar-refractivity contribution in [2.24, 2.45) is 10.8 Å². The fourth-order valence-corrected chi connectivity index (χ4v) is 2.00. The molecule has 2 rings (SSSR count). The fourth-order valence-electron chi connectivity index (χ4n) is 1.95. The fraction of sp³-hybridized carbons (Fsp3) is 0.333. The van der Waals surface area contributed by atoms with E-state index in [9.17, 15) is 0 Å². The Morgan fingerprint density at radius 2 is 2.18 bits per heavy atom. The number of nitrogens with one attached hydrogen (secondary N) is 1. The molecule has 0 saturated carbocycles. The van der Waals surface area contributed by atoms with Crippen LogP contribution in [0.2, 0.25) is 0 Å². The topological polar surface area (TPSA) is 53.6 Å². The van der Waals surface area contributed by atoms with Gasteiger partial charge >= 0.3 is 0 Å². The predicted molar refractivity (Wildman–Crippen MR) is 75.4 cm³/mol. The number of nitrogens with two attached hydrogens (primary N) is 1. The van der Waals surface area contributed by atoms with Crippen LogP contribution in [0.25, 0.3) is 0 Å². The van der Waals surface area contributed by atoms with E-state index < -0.39 is 0 Å². The third kappa shape index (κ3) is 3.42. The van der Waals surface area contributed by atoms with E-state index in [1.807, 2.05) is 12.1 Å². The molecule has 0 amide bonds. The maximum Gasteiger partial charge on any atom is 0.184 e. The van der Waals surface area contributed by atoms with Gasteiger partial charge in [0.05, 0.1) is 6.21 Å². The Labute approximate surface area is 106 Å². The van der Waals surface area contributed by atoms with Gasteiger partial charge in [0, 0.05) is 18.8 Å². The standard InChI is InChI=1S/C12H16N4S/c13-12(17)15-14-9-10-4-3-5-11(8-10)16-6-1-2-7-16/h3-5,8-9H,1-2,6-7H2,(H3,13,15,17). The van der Waals surface area contributed by atoms with Gasteiger partial charge in [-0.1, -0.05) is 12.1 Å². The van der Waals surface area contributed by atoms with E-state index in [-0.39, 0.29) is 5.11 Å². The highest BCUT2D eigenvalue weighted by atomic mass is 32.1. The molecule has 0 aromatic heterocycles. The number of thiocarbonyl (C=S) groups is 1. The lowest BCUT2D eigenvalue weighted by molar-refractivity contribution is 0.949. The van der Waals surface area contributed by atoms with E-state index >= 15 is 0 Å². The van der Waals surface area contributed by atoms with Gasteiger partial charge in [0.1, 0.15) is 0 Å². The molecule has 4 nitrogen and oxygen atoms in total. The molecule has 0 bridgehead atoms. The van der Waals surface area contributed by atoms with Gasteiger partial charge in [-0.25, -0.2) is 0 Å². The van der Waals surface area contributed by atoms with Crippen LogP contribution in [0.1, 0.15) is 18.4 Å². The Bertz CT molecular complexity index is 424. The van der Waals surface area contributed by atoms with Crippen LogP contribution < -0.4 is 16.1 Å². The van der Waals surface area contributed by atoms with Gasteiger partial charge < -0.3 is 10.6 Å². The second-order valence-electron chi connectivity index (χ2n) is 4.02. The molecule has 1 aromatic rings. The van der Waals surface area contributed by atoms with Crippen molar-refractivity contribution in [1.82, 2.24) is 5.43 Å². The summed E-state index contributed by atoms with van der Waals surface area (Å²) in [5, 5.41) is 4.13. The van der Waals surface area contributed by atoms with Crippen LogP contribution in [0.5, 0.6) is 0 Å².